The van der Waals surface area contributed by atoms with E-state index in [1.165, 1.54) is 0 Å². The van der Waals surface area contributed by atoms with Gasteiger partial charge in [0.1, 0.15) is 17.3 Å². The molecule has 0 spiro atoms. The van der Waals surface area contributed by atoms with Gasteiger partial charge in [0, 0.05) is 16.7 Å². The molecule has 1 aliphatic heterocycles. The molecule has 1 aliphatic rings. The number of ether oxygens (including phenoxy) is 2. The SMILES string of the molecule is COc1ccc(C2=N/C(=N\c3[nH]c(-c4ccc(OC)cc4)c(Br)c3-c3ccccc3)C(c3ccccc3)=C2Br)cc1. The molecule has 0 bridgehead atoms. The van der Waals surface area contributed by atoms with E-state index in [4.69, 9.17) is 19.5 Å². The van der Waals surface area contributed by atoms with Gasteiger partial charge >= 0.3 is 0 Å². The average molecular weight is 667 g/mol. The van der Waals surface area contributed by atoms with Gasteiger partial charge in [-0.25, -0.2) is 9.98 Å². The lowest BCUT2D eigenvalue weighted by atomic mass is 10.0. The highest BCUT2D eigenvalue weighted by molar-refractivity contribution is 9.12. The molecular weight excluding hydrogens is 642 g/mol. The summed E-state index contributed by atoms with van der Waals surface area (Å²) < 4.78 is 12.5. The quantitative estimate of drug-likeness (QED) is 0.188. The van der Waals surface area contributed by atoms with Crippen LogP contribution < -0.4 is 9.47 Å². The van der Waals surface area contributed by atoms with Crippen LogP contribution in [0.4, 0.5) is 5.82 Å². The van der Waals surface area contributed by atoms with E-state index < -0.39 is 0 Å². The number of aromatic amines is 1. The molecule has 1 aromatic heterocycles. The number of halogens is 2. The smallest absolute Gasteiger partial charge is 0.164 e. The topological polar surface area (TPSA) is 59.0 Å². The molecule has 0 atom stereocenters. The second kappa shape index (κ2) is 11.7. The lowest BCUT2D eigenvalue weighted by molar-refractivity contribution is 0.414. The van der Waals surface area contributed by atoms with Crippen LogP contribution in [0, 0.1) is 0 Å². The van der Waals surface area contributed by atoms with E-state index in [-0.39, 0.29) is 0 Å². The van der Waals surface area contributed by atoms with Crippen molar-refractivity contribution in [3.05, 3.63) is 129 Å². The molecule has 6 rings (SSSR count). The first-order chi connectivity index (χ1) is 20.1. The number of allylic oxidation sites excluding steroid dienone is 1. The number of benzene rings is 4. The minimum Gasteiger partial charge on any atom is -0.497 e. The monoisotopic (exact) mass is 665 g/mol. The second-order valence-electron chi connectivity index (χ2n) is 9.31. The summed E-state index contributed by atoms with van der Waals surface area (Å²) in [6.45, 7) is 0. The molecule has 4 aromatic carbocycles. The normalized spacial score (nSPS) is 14.0. The number of aromatic nitrogens is 1. The number of nitrogens with one attached hydrogen (secondary N) is 1. The molecule has 0 saturated carbocycles. The van der Waals surface area contributed by atoms with Crippen molar-refractivity contribution in [1.82, 2.24) is 4.98 Å². The van der Waals surface area contributed by atoms with Gasteiger partial charge in [0.15, 0.2) is 5.84 Å². The van der Waals surface area contributed by atoms with E-state index in [9.17, 15) is 0 Å². The van der Waals surface area contributed by atoms with Gasteiger partial charge in [0.05, 0.1) is 34.6 Å². The Morgan fingerprint density at radius 3 is 1.73 bits per heavy atom. The molecule has 2 heterocycles. The van der Waals surface area contributed by atoms with E-state index in [0.717, 1.165) is 65.3 Å². The van der Waals surface area contributed by atoms with E-state index in [1.54, 1.807) is 14.2 Å². The van der Waals surface area contributed by atoms with Crippen LogP contribution in [0.2, 0.25) is 0 Å². The highest BCUT2D eigenvalue weighted by atomic mass is 79.9. The number of hydrogen-bond donors (Lipinski definition) is 1. The Bertz CT molecular complexity index is 1790. The zero-order chi connectivity index (χ0) is 28.3. The van der Waals surface area contributed by atoms with Crippen LogP contribution in [0.3, 0.4) is 0 Å². The maximum absolute atomic E-state index is 5.37. The van der Waals surface area contributed by atoms with Crippen molar-refractivity contribution in [2.75, 3.05) is 14.2 Å². The fourth-order valence-electron chi connectivity index (χ4n) is 4.79. The Morgan fingerprint density at radius 2 is 1.17 bits per heavy atom. The van der Waals surface area contributed by atoms with E-state index >= 15 is 0 Å². The van der Waals surface area contributed by atoms with Gasteiger partial charge in [-0.1, -0.05) is 60.7 Å². The Kier molecular flexibility index (Phi) is 7.72. The molecule has 7 heteroatoms. The number of hydrogen-bond acceptors (Lipinski definition) is 3. The summed E-state index contributed by atoms with van der Waals surface area (Å²) in [5, 5.41) is 0. The number of amidine groups is 1. The number of aliphatic imine (C=N–C) groups is 2. The lowest BCUT2D eigenvalue weighted by Gasteiger charge is -2.06. The molecule has 0 unspecified atom stereocenters. The molecular formula is C34H25Br2N3O2. The van der Waals surface area contributed by atoms with Crippen molar-refractivity contribution in [3.8, 4) is 33.9 Å². The van der Waals surface area contributed by atoms with E-state index in [1.807, 2.05) is 84.9 Å². The summed E-state index contributed by atoms with van der Waals surface area (Å²) in [4.78, 5) is 13.9. The van der Waals surface area contributed by atoms with Crippen LogP contribution in [-0.4, -0.2) is 30.8 Å². The maximum atomic E-state index is 5.37. The van der Waals surface area contributed by atoms with Crippen molar-refractivity contribution in [3.63, 3.8) is 0 Å². The van der Waals surface area contributed by atoms with Crippen LogP contribution in [0.25, 0.3) is 28.0 Å². The van der Waals surface area contributed by atoms with Crippen molar-refractivity contribution < 1.29 is 9.47 Å². The third-order valence-corrected chi connectivity index (χ3v) is 8.44. The number of H-pyrrole nitrogens is 1. The molecule has 5 nitrogen and oxygen atoms in total. The Hall–Kier alpha value is -4.20. The molecule has 202 valence electrons. The summed E-state index contributed by atoms with van der Waals surface area (Å²) in [5.74, 6) is 2.91. The lowest BCUT2D eigenvalue weighted by Crippen LogP contribution is -1.98. The first-order valence-corrected chi connectivity index (χ1v) is 14.5. The Morgan fingerprint density at radius 1 is 0.634 bits per heavy atom. The van der Waals surface area contributed by atoms with Crippen LogP contribution in [-0.2, 0) is 0 Å². The molecule has 0 amide bonds. The van der Waals surface area contributed by atoms with Crippen molar-refractivity contribution >= 4 is 54.8 Å². The third kappa shape index (κ3) is 5.31. The summed E-state index contributed by atoms with van der Waals surface area (Å²) >= 11 is 7.77. The molecule has 0 fully saturated rings. The second-order valence-corrected chi connectivity index (χ2v) is 10.9. The molecule has 0 saturated heterocycles. The predicted octanol–water partition coefficient (Wildman–Crippen LogP) is 9.47. The molecule has 5 aromatic rings. The first-order valence-electron chi connectivity index (χ1n) is 13.0. The highest BCUT2D eigenvalue weighted by Gasteiger charge is 2.27. The average Bonchev–Trinajstić information content (AvgIpc) is 3.53. The summed E-state index contributed by atoms with van der Waals surface area (Å²) in [5.41, 5.74) is 7.65. The van der Waals surface area contributed by atoms with E-state index in [0.29, 0.717) is 11.7 Å². The van der Waals surface area contributed by atoms with Gasteiger partial charge in [-0.15, -0.1) is 0 Å². The van der Waals surface area contributed by atoms with Gasteiger partial charge in [0.2, 0.25) is 0 Å². The molecule has 41 heavy (non-hydrogen) atoms. The van der Waals surface area contributed by atoms with Crippen LogP contribution in [0.5, 0.6) is 11.5 Å². The van der Waals surface area contributed by atoms with Crippen LogP contribution in [0.15, 0.2) is 128 Å². The Balaban J connectivity index is 1.55. The summed E-state index contributed by atoms with van der Waals surface area (Å²) in [6, 6.07) is 36.3. The number of rotatable bonds is 7. The fourth-order valence-corrected chi connectivity index (χ4v) is 6.26. The van der Waals surface area contributed by atoms with Gasteiger partial charge in [0.25, 0.3) is 0 Å². The molecule has 0 radical (unpaired) electrons. The van der Waals surface area contributed by atoms with Crippen LogP contribution in [0.1, 0.15) is 11.1 Å². The standard InChI is InChI=1S/C34H25Br2N3O2/c1-40-25-17-13-23(14-18-25)31-29(35)27(21-9-5-3-6-10-21)33(37-31)39-34-28(22-11-7-4-8-12-22)30(36)32(38-34)24-15-19-26(41-2)20-16-24/h3-20,37H,1-2H3/b39-34-. The zero-order valence-electron chi connectivity index (χ0n) is 22.4. The van der Waals surface area contributed by atoms with Crippen molar-refractivity contribution in [2.24, 2.45) is 9.98 Å². The van der Waals surface area contributed by atoms with Gasteiger partial charge in [-0.3, -0.25) is 0 Å². The molecule has 1 N–H and O–H groups in total. The van der Waals surface area contributed by atoms with Gasteiger partial charge in [-0.05, 0) is 97.1 Å². The number of nitrogens with zero attached hydrogens (tertiary/aromatic N) is 2. The van der Waals surface area contributed by atoms with Gasteiger partial charge in [-0.2, -0.15) is 0 Å². The highest BCUT2D eigenvalue weighted by Crippen LogP contribution is 2.45. The largest absolute Gasteiger partial charge is 0.497 e. The first kappa shape index (κ1) is 27.0. The van der Waals surface area contributed by atoms with E-state index in [2.05, 4.69) is 61.1 Å². The minimum absolute atomic E-state index is 0.612. The summed E-state index contributed by atoms with van der Waals surface area (Å²) in [6.07, 6.45) is 0. The fraction of sp³-hybridized carbons (Fsp3) is 0.0588. The zero-order valence-corrected chi connectivity index (χ0v) is 25.5. The summed E-state index contributed by atoms with van der Waals surface area (Å²) in [7, 11) is 3.33. The third-order valence-electron chi connectivity index (χ3n) is 6.87. The van der Waals surface area contributed by atoms with Crippen molar-refractivity contribution in [2.45, 2.75) is 0 Å². The van der Waals surface area contributed by atoms with Crippen molar-refractivity contribution in [1.29, 1.82) is 0 Å². The van der Waals surface area contributed by atoms with Gasteiger partial charge < -0.3 is 14.5 Å². The van der Waals surface area contributed by atoms with Crippen LogP contribution >= 0.6 is 31.9 Å². The minimum atomic E-state index is 0.612. The maximum Gasteiger partial charge on any atom is 0.164 e. The molecule has 0 aliphatic carbocycles. The Labute approximate surface area is 255 Å². The number of methoxy groups -OCH3 is 2. The predicted molar refractivity (Wildman–Crippen MR) is 175 cm³/mol.